The quantitative estimate of drug-likeness (QED) is 0.666. The van der Waals surface area contributed by atoms with Crippen molar-refractivity contribution in [1.82, 2.24) is 10.2 Å². The summed E-state index contributed by atoms with van der Waals surface area (Å²) in [5, 5.41) is 2.90. The minimum Gasteiger partial charge on any atom is -0.445 e. The first-order valence-electron chi connectivity index (χ1n) is 10.3. The molecule has 0 spiro atoms. The van der Waals surface area contributed by atoms with E-state index in [9.17, 15) is 14.0 Å². The summed E-state index contributed by atoms with van der Waals surface area (Å²) in [5.74, 6) is -0.154. The van der Waals surface area contributed by atoms with Gasteiger partial charge >= 0.3 is 6.09 Å². The first-order chi connectivity index (χ1) is 13.9. The Morgan fingerprint density at radius 2 is 1.83 bits per heavy atom. The second-order valence-corrected chi connectivity index (χ2v) is 8.09. The number of carbonyl (C=O) groups is 2. The van der Waals surface area contributed by atoms with Crippen molar-refractivity contribution >= 4 is 12.0 Å². The Labute approximate surface area is 170 Å². The van der Waals surface area contributed by atoms with Crippen molar-refractivity contribution in [2.45, 2.75) is 63.0 Å². The van der Waals surface area contributed by atoms with Gasteiger partial charge in [-0.2, -0.15) is 0 Å². The lowest BCUT2D eigenvalue weighted by Crippen LogP contribution is -2.56. The molecular formula is C21H31FN4O3. The molecule has 1 saturated carbocycles. The molecule has 0 aromatic heterocycles. The van der Waals surface area contributed by atoms with Crippen LogP contribution in [0.15, 0.2) is 30.3 Å². The van der Waals surface area contributed by atoms with Gasteiger partial charge in [-0.05, 0) is 43.6 Å². The number of halogens is 1. The molecule has 1 aromatic rings. The number of likely N-dealkylation sites (tertiary alicyclic amines) is 1. The Bertz CT molecular complexity index is 682. The number of carbonyl (C=O) groups excluding carboxylic acids is 2. The number of ether oxygens (including phenoxy) is 1. The van der Waals surface area contributed by atoms with Gasteiger partial charge in [0.15, 0.2) is 0 Å². The third kappa shape index (κ3) is 5.90. The highest BCUT2D eigenvalue weighted by Gasteiger charge is 2.36. The van der Waals surface area contributed by atoms with Crippen LogP contribution in [0.5, 0.6) is 0 Å². The van der Waals surface area contributed by atoms with Crippen molar-refractivity contribution < 1.29 is 18.7 Å². The van der Waals surface area contributed by atoms with Gasteiger partial charge in [0.05, 0.1) is 12.6 Å². The molecule has 2 amide bonds. The van der Waals surface area contributed by atoms with Crippen molar-refractivity contribution in [3.63, 3.8) is 0 Å². The average Bonchev–Trinajstić information content (AvgIpc) is 3.18. The van der Waals surface area contributed by atoms with Gasteiger partial charge in [0.1, 0.15) is 12.8 Å². The number of nitrogens with two attached hydrogens (primary N) is 2. The summed E-state index contributed by atoms with van der Waals surface area (Å²) in [7, 11) is 0. The molecule has 5 N–H and O–H groups in total. The normalized spacial score (nSPS) is 26.6. The van der Waals surface area contributed by atoms with Crippen LogP contribution in [0, 0.1) is 5.92 Å². The van der Waals surface area contributed by atoms with Gasteiger partial charge in [-0.25, -0.2) is 9.18 Å². The number of alkyl halides is 1. The molecule has 0 radical (unpaired) electrons. The van der Waals surface area contributed by atoms with Gasteiger partial charge < -0.3 is 26.4 Å². The smallest absolute Gasteiger partial charge is 0.407 e. The average molecular weight is 407 g/mol. The molecule has 2 fully saturated rings. The lowest BCUT2D eigenvalue weighted by atomic mass is 9.79. The lowest BCUT2D eigenvalue weighted by molar-refractivity contribution is -0.132. The van der Waals surface area contributed by atoms with Crippen LogP contribution in [0.25, 0.3) is 0 Å². The van der Waals surface area contributed by atoms with E-state index in [0.29, 0.717) is 13.0 Å². The van der Waals surface area contributed by atoms with Gasteiger partial charge in [0.2, 0.25) is 5.91 Å². The first kappa shape index (κ1) is 21.5. The van der Waals surface area contributed by atoms with Crippen LogP contribution in [0.1, 0.15) is 37.7 Å². The molecule has 3 rings (SSSR count). The Morgan fingerprint density at radius 1 is 1.14 bits per heavy atom. The molecule has 2 aliphatic rings. The van der Waals surface area contributed by atoms with E-state index in [2.05, 4.69) is 5.32 Å². The van der Waals surface area contributed by atoms with Crippen molar-refractivity contribution in [3.05, 3.63) is 35.9 Å². The van der Waals surface area contributed by atoms with Gasteiger partial charge in [0, 0.05) is 18.6 Å². The Kier molecular flexibility index (Phi) is 7.44. The van der Waals surface area contributed by atoms with E-state index in [1.165, 1.54) is 4.90 Å². The van der Waals surface area contributed by atoms with E-state index in [4.69, 9.17) is 16.2 Å². The maximum Gasteiger partial charge on any atom is 0.407 e. The summed E-state index contributed by atoms with van der Waals surface area (Å²) in [6.45, 7) is 0.753. The number of benzene rings is 1. The monoisotopic (exact) mass is 406 g/mol. The zero-order chi connectivity index (χ0) is 20.8. The summed E-state index contributed by atoms with van der Waals surface area (Å²) in [5.41, 5.74) is 13.3. The highest BCUT2D eigenvalue weighted by molar-refractivity contribution is 5.82. The van der Waals surface area contributed by atoms with E-state index in [1.807, 2.05) is 30.3 Å². The molecule has 1 heterocycles. The number of alkyl carbamates (subject to hydrolysis) is 1. The molecule has 7 nitrogen and oxygen atoms in total. The summed E-state index contributed by atoms with van der Waals surface area (Å²) in [6.07, 6.45) is 2.04. The molecular weight excluding hydrogens is 375 g/mol. The zero-order valence-electron chi connectivity index (χ0n) is 16.6. The molecule has 1 aromatic carbocycles. The van der Waals surface area contributed by atoms with Gasteiger partial charge in [0.25, 0.3) is 0 Å². The maximum absolute atomic E-state index is 13.3. The minimum atomic E-state index is -0.967. The highest BCUT2D eigenvalue weighted by Crippen LogP contribution is 2.28. The second-order valence-electron chi connectivity index (χ2n) is 8.09. The molecule has 1 aliphatic carbocycles. The molecule has 0 unspecified atom stereocenters. The fourth-order valence-corrected chi connectivity index (χ4v) is 4.17. The van der Waals surface area contributed by atoms with E-state index in [0.717, 1.165) is 31.2 Å². The van der Waals surface area contributed by atoms with Crippen molar-refractivity contribution in [3.8, 4) is 0 Å². The van der Waals surface area contributed by atoms with Crippen LogP contribution < -0.4 is 16.8 Å². The Morgan fingerprint density at radius 3 is 2.45 bits per heavy atom. The highest BCUT2D eigenvalue weighted by atomic mass is 19.1. The molecule has 29 heavy (non-hydrogen) atoms. The van der Waals surface area contributed by atoms with E-state index in [-0.39, 0.29) is 31.0 Å². The van der Waals surface area contributed by atoms with E-state index in [1.54, 1.807) is 0 Å². The van der Waals surface area contributed by atoms with Gasteiger partial charge in [-0.15, -0.1) is 0 Å². The van der Waals surface area contributed by atoms with Crippen LogP contribution in [0.2, 0.25) is 0 Å². The first-order valence-corrected chi connectivity index (χ1v) is 10.3. The fraction of sp³-hybridized carbons (Fsp3) is 0.619. The second kappa shape index (κ2) is 10.0. The molecule has 160 valence electrons. The lowest BCUT2D eigenvalue weighted by Gasteiger charge is -2.35. The maximum atomic E-state index is 13.3. The van der Waals surface area contributed by atoms with E-state index < -0.39 is 24.3 Å². The van der Waals surface area contributed by atoms with Crippen molar-refractivity contribution in [1.29, 1.82) is 0 Å². The molecule has 1 saturated heterocycles. The Hall–Kier alpha value is -2.19. The van der Waals surface area contributed by atoms with Crippen LogP contribution in [0.4, 0.5) is 9.18 Å². The van der Waals surface area contributed by atoms with Crippen molar-refractivity contribution in [2.24, 2.45) is 17.4 Å². The van der Waals surface area contributed by atoms with Gasteiger partial charge in [-0.3, -0.25) is 4.79 Å². The molecule has 8 heteroatoms. The standard InChI is InChI=1S/C21H31FN4O3/c22-16-10-11-26(12-16)20(27)19(24)18(23)15-6-8-17(9-7-15)25-21(28)29-13-14-4-2-1-3-5-14/h1-5,15-19H,6-13,23-24H2,(H,25,28)/t15?,16-,17?,18-,19-/m0/s1. The van der Waals surface area contributed by atoms with Crippen LogP contribution in [0.3, 0.4) is 0 Å². The van der Waals surface area contributed by atoms with Crippen LogP contribution in [-0.2, 0) is 16.1 Å². The summed E-state index contributed by atoms with van der Waals surface area (Å²) in [4.78, 5) is 25.9. The largest absolute Gasteiger partial charge is 0.445 e. The summed E-state index contributed by atoms with van der Waals surface area (Å²) in [6, 6.07) is 8.26. The van der Waals surface area contributed by atoms with Crippen LogP contribution >= 0.6 is 0 Å². The van der Waals surface area contributed by atoms with Crippen molar-refractivity contribution in [2.75, 3.05) is 13.1 Å². The van der Waals surface area contributed by atoms with Gasteiger partial charge in [-0.1, -0.05) is 30.3 Å². The fourth-order valence-electron chi connectivity index (χ4n) is 4.17. The zero-order valence-corrected chi connectivity index (χ0v) is 16.6. The van der Waals surface area contributed by atoms with E-state index >= 15 is 0 Å². The molecule has 1 aliphatic heterocycles. The number of amides is 2. The minimum absolute atomic E-state index is 0.0273. The predicted octanol–water partition coefficient (Wildman–Crippen LogP) is 1.70. The van der Waals surface area contributed by atoms with Crippen LogP contribution in [-0.4, -0.2) is 54.3 Å². The molecule has 0 bridgehead atoms. The SMILES string of the molecule is N[C@H](C(=O)N1CC[C@H](F)C1)[C@@H](N)C1CCC(NC(=O)OCc2ccccc2)CC1. The predicted molar refractivity (Wildman–Crippen MR) is 108 cm³/mol. The summed E-state index contributed by atoms with van der Waals surface area (Å²) >= 11 is 0. The topological polar surface area (TPSA) is 111 Å². The number of hydrogen-bond donors (Lipinski definition) is 3. The Balaban J connectivity index is 1.39. The third-order valence-corrected chi connectivity index (χ3v) is 5.99. The number of nitrogens with zero attached hydrogens (tertiary/aromatic N) is 1. The number of rotatable bonds is 6. The number of hydrogen-bond acceptors (Lipinski definition) is 5. The molecule has 3 atom stereocenters. The third-order valence-electron chi connectivity index (χ3n) is 5.99. The summed E-state index contributed by atoms with van der Waals surface area (Å²) < 4.78 is 18.6. The number of nitrogens with one attached hydrogen (secondary N) is 1.